The molecule has 16 heavy (non-hydrogen) atoms. The molecular weight excluding hydrogens is 204 g/mol. The minimum atomic E-state index is -0.112. The molecular formula is C12H22N2O2. The first-order chi connectivity index (χ1) is 7.79. The lowest BCUT2D eigenvalue weighted by Gasteiger charge is -2.32. The number of esters is 1. The topological polar surface area (TPSA) is 32.8 Å². The zero-order valence-electron chi connectivity index (χ0n) is 10.2. The van der Waals surface area contributed by atoms with Gasteiger partial charge in [-0.2, -0.15) is 0 Å². The van der Waals surface area contributed by atoms with Crippen LogP contribution in [0.4, 0.5) is 0 Å². The second-order valence-corrected chi connectivity index (χ2v) is 4.85. The van der Waals surface area contributed by atoms with E-state index in [1.54, 1.807) is 0 Å². The van der Waals surface area contributed by atoms with Crippen molar-refractivity contribution in [3.05, 3.63) is 0 Å². The summed E-state index contributed by atoms with van der Waals surface area (Å²) in [6.07, 6.45) is 5.27. The highest BCUT2D eigenvalue weighted by Gasteiger charge is 2.29. The van der Waals surface area contributed by atoms with E-state index in [1.165, 1.54) is 45.9 Å². The Hall–Kier alpha value is -0.610. The minimum Gasteiger partial charge on any atom is -0.468 e. The van der Waals surface area contributed by atoms with Gasteiger partial charge in [-0.15, -0.1) is 0 Å². The lowest BCUT2D eigenvalue weighted by Crippen LogP contribution is -2.41. The summed E-state index contributed by atoms with van der Waals surface area (Å²) in [4.78, 5) is 16.0. The third-order valence-corrected chi connectivity index (χ3v) is 3.73. The summed E-state index contributed by atoms with van der Waals surface area (Å²) in [6, 6.07) is 0.671. The van der Waals surface area contributed by atoms with Gasteiger partial charge in [-0.25, -0.2) is 0 Å². The van der Waals surface area contributed by atoms with E-state index in [-0.39, 0.29) is 5.97 Å². The second kappa shape index (κ2) is 5.64. The largest absolute Gasteiger partial charge is 0.468 e. The molecule has 0 aromatic carbocycles. The Morgan fingerprint density at radius 1 is 1.25 bits per heavy atom. The summed E-state index contributed by atoms with van der Waals surface area (Å²) in [5, 5.41) is 0. The van der Waals surface area contributed by atoms with Crippen LogP contribution in [0.1, 0.15) is 25.7 Å². The molecule has 0 aliphatic carbocycles. The summed E-state index contributed by atoms with van der Waals surface area (Å²) in [7, 11) is 1.46. The van der Waals surface area contributed by atoms with E-state index in [2.05, 4.69) is 9.80 Å². The molecule has 92 valence electrons. The quantitative estimate of drug-likeness (QED) is 0.664. The van der Waals surface area contributed by atoms with Crippen molar-refractivity contribution in [1.29, 1.82) is 0 Å². The van der Waals surface area contributed by atoms with Gasteiger partial charge < -0.3 is 4.74 Å². The van der Waals surface area contributed by atoms with Gasteiger partial charge in [0.2, 0.25) is 0 Å². The molecule has 1 atom stereocenters. The maximum absolute atomic E-state index is 11.2. The molecule has 0 N–H and O–H groups in total. The van der Waals surface area contributed by atoms with Crippen LogP contribution in [-0.2, 0) is 9.53 Å². The fourth-order valence-electron chi connectivity index (χ4n) is 2.78. The van der Waals surface area contributed by atoms with Crippen LogP contribution >= 0.6 is 0 Å². The van der Waals surface area contributed by atoms with E-state index in [9.17, 15) is 4.79 Å². The summed E-state index contributed by atoms with van der Waals surface area (Å²) < 4.78 is 4.70. The first kappa shape index (κ1) is 11.9. The van der Waals surface area contributed by atoms with Crippen molar-refractivity contribution < 1.29 is 9.53 Å². The fraction of sp³-hybridized carbons (Fsp3) is 0.917. The number of likely N-dealkylation sites (tertiary alicyclic amines) is 2. The molecule has 2 heterocycles. The molecule has 4 nitrogen and oxygen atoms in total. The summed E-state index contributed by atoms with van der Waals surface area (Å²) in [5.41, 5.74) is 0. The highest BCUT2D eigenvalue weighted by Crippen LogP contribution is 2.19. The average molecular weight is 226 g/mol. The van der Waals surface area contributed by atoms with Gasteiger partial charge in [0.05, 0.1) is 13.7 Å². The number of carbonyl (C=O) groups is 1. The molecule has 2 rings (SSSR count). The Morgan fingerprint density at radius 3 is 2.69 bits per heavy atom. The monoisotopic (exact) mass is 226 g/mol. The van der Waals surface area contributed by atoms with Gasteiger partial charge in [0.25, 0.3) is 0 Å². The molecule has 2 fully saturated rings. The normalized spacial score (nSPS) is 28.2. The van der Waals surface area contributed by atoms with Crippen LogP contribution in [0.3, 0.4) is 0 Å². The van der Waals surface area contributed by atoms with E-state index in [4.69, 9.17) is 4.74 Å². The zero-order chi connectivity index (χ0) is 11.4. The number of methoxy groups -OCH3 is 1. The highest BCUT2D eigenvalue weighted by molar-refractivity contribution is 5.71. The Morgan fingerprint density at radius 2 is 2.00 bits per heavy atom. The zero-order valence-corrected chi connectivity index (χ0v) is 10.2. The van der Waals surface area contributed by atoms with Crippen LogP contribution in [0.2, 0.25) is 0 Å². The smallest absolute Gasteiger partial charge is 0.319 e. The van der Waals surface area contributed by atoms with E-state index in [0.29, 0.717) is 12.6 Å². The van der Waals surface area contributed by atoms with Crippen molar-refractivity contribution in [2.75, 3.05) is 39.8 Å². The predicted molar refractivity (Wildman–Crippen MR) is 62.3 cm³/mol. The van der Waals surface area contributed by atoms with Crippen molar-refractivity contribution in [3.63, 3.8) is 0 Å². The van der Waals surface area contributed by atoms with Gasteiger partial charge in [-0.3, -0.25) is 14.6 Å². The van der Waals surface area contributed by atoms with Gasteiger partial charge >= 0.3 is 5.97 Å². The number of piperidine rings is 1. The maximum atomic E-state index is 11.2. The first-order valence-corrected chi connectivity index (χ1v) is 6.33. The first-order valence-electron chi connectivity index (χ1n) is 6.33. The molecule has 0 radical (unpaired) electrons. The van der Waals surface area contributed by atoms with Gasteiger partial charge in [0.1, 0.15) is 0 Å². The molecule has 2 aliphatic heterocycles. The van der Waals surface area contributed by atoms with E-state index in [0.717, 1.165) is 13.1 Å². The SMILES string of the molecule is COC(=O)CN1CCC(N2CCCCC2)C1. The number of rotatable bonds is 3. The molecule has 0 amide bonds. The lowest BCUT2D eigenvalue weighted by atomic mass is 10.1. The van der Waals surface area contributed by atoms with Gasteiger partial charge in [0, 0.05) is 19.1 Å². The van der Waals surface area contributed by atoms with Crippen LogP contribution in [0.25, 0.3) is 0 Å². The summed E-state index contributed by atoms with van der Waals surface area (Å²) in [6.45, 7) is 5.03. The van der Waals surface area contributed by atoms with E-state index in [1.807, 2.05) is 0 Å². The molecule has 2 saturated heterocycles. The number of carbonyl (C=O) groups excluding carboxylic acids is 1. The van der Waals surface area contributed by atoms with Crippen LogP contribution in [0.15, 0.2) is 0 Å². The van der Waals surface area contributed by atoms with Crippen LogP contribution in [0, 0.1) is 0 Å². The lowest BCUT2D eigenvalue weighted by molar-refractivity contribution is -0.141. The number of hydrogen-bond acceptors (Lipinski definition) is 4. The number of hydrogen-bond donors (Lipinski definition) is 0. The van der Waals surface area contributed by atoms with Gasteiger partial charge in [-0.05, 0) is 32.4 Å². The van der Waals surface area contributed by atoms with Crippen LogP contribution in [0.5, 0.6) is 0 Å². The van der Waals surface area contributed by atoms with Crippen LogP contribution in [-0.4, -0.2) is 61.6 Å². The molecule has 4 heteroatoms. The molecule has 0 aromatic rings. The minimum absolute atomic E-state index is 0.112. The molecule has 0 saturated carbocycles. The molecule has 0 spiro atoms. The third kappa shape index (κ3) is 2.95. The van der Waals surface area contributed by atoms with Crippen LogP contribution < -0.4 is 0 Å². The molecule has 1 unspecified atom stereocenters. The van der Waals surface area contributed by atoms with Gasteiger partial charge in [0.15, 0.2) is 0 Å². The standard InChI is InChI=1S/C12H22N2O2/c1-16-12(15)10-13-8-5-11(9-13)14-6-3-2-4-7-14/h11H,2-10H2,1H3. The molecule has 2 aliphatic rings. The summed E-state index contributed by atoms with van der Waals surface area (Å²) >= 11 is 0. The highest BCUT2D eigenvalue weighted by atomic mass is 16.5. The van der Waals surface area contributed by atoms with Crippen molar-refractivity contribution >= 4 is 5.97 Å². The second-order valence-electron chi connectivity index (χ2n) is 4.85. The number of ether oxygens (including phenoxy) is 1. The van der Waals surface area contributed by atoms with Crippen molar-refractivity contribution in [2.24, 2.45) is 0 Å². The Bertz CT molecular complexity index is 239. The van der Waals surface area contributed by atoms with Crippen molar-refractivity contribution in [1.82, 2.24) is 9.80 Å². The van der Waals surface area contributed by atoms with E-state index < -0.39 is 0 Å². The average Bonchev–Trinajstić information content (AvgIpc) is 2.78. The Kier molecular flexibility index (Phi) is 4.18. The van der Waals surface area contributed by atoms with Gasteiger partial charge in [-0.1, -0.05) is 6.42 Å². The summed E-state index contributed by atoms with van der Waals surface area (Å²) in [5.74, 6) is -0.112. The fourth-order valence-corrected chi connectivity index (χ4v) is 2.78. The van der Waals surface area contributed by atoms with Crippen molar-refractivity contribution in [2.45, 2.75) is 31.7 Å². The Balaban J connectivity index is 1.76. The van der Waals surface area contributed by atoms with Crippen molar-refractivity contribution in [3.8, 4) is 0 Å². The Labute approximate surface area is 97.5 Å². The predicted octanol–water partition coefficient (Wildman–Crippen LogP) is 0.720. The maximum Gasteiger partial charge on any atom is 0.319 e. The molecule has 0 bridgehead atoms. The third-order valence-electron chi connectivity index (χ3n) is 3.73. The van der Waals surface area contributed by atoms with E-state index >= 15 is 0 Å². The number of nitrogens with zero attached hydrogens (tertiary/aromatic N) is 2. The molecule has 0 aromatic heterocycles.